The molecular formula is C45H83NO9. The first kappa shape index (κ1) is 46.8. The lowest BCUT2D eigenvalue weighted by atomic mass is 9.48. The summed E-state index contributed by atoms with van der Waals surface area (Å²) in [4.78, 5) is 13.1. The highest BCUT2D eigenvalue weighted by atomic mass is 16.7. The van der Waals surface area contributed by atoms with E-state index in [1.165, 1.54) is 135 Å². The van der Waals surface area contributed by atoms with E-state index < -0.39 is 55.6 Å². The maximum atomic E-state index is 13.1. The molecule has 4 bridgehead atoms. The van der Waals surface area contributed by atoms with Crippen LogP contribution in [0.4, 0.5) is 0 Å². The first-order valence-corrected chi connectivity index (χ1v) is 23.2. The molecule has 0 aromatic rings. The Bertz CT molecular complexity index is 993. The Morgan fingerprint density at radius 3 is 1.71 bits per heavy atom. The van der Waals surface area contributed by atoms with Gasteiger partial charge in [-0.1, -0.05) is 129 Å². The average Bonchev–Trinajstić information content (AvgIpc) is 3.16. The van der Waals surface area contributed by atoms with Crippen molar-refractivity contribution in [3.8, 4) is 0 Å². The second-order valence-electron chi connectivity index (χ2n) is 18.7. The predicted octanol–water partition coefficient (Wildman–Crippen LogP) is 7.22. The Balaban J connectivity index is 1.10. The molecule has 0 aromatic heterocycles. The summed E-state index contributed by atoms with van der Waals surface area (Å²) >= 11 is 0. The van der Waals surface area contributed by atoms with E-state index in [0.717, 1.165) is 56.3 Å². The van der Waals surface area contributed by atoms with Crippen LogP contribution in [-0.4, -0.2) is 98.7 Å². The minimum absolute atomic E-state index is 0.247. The zero-order valence-corrected chi connectivity index (χ0v) is 34.7. The largest absolute Gasteiger partial charge is 0.394 e. The number of hydrogen-bond donors (Lipinski definition) is 7. The Kier molecular flexibility index (Phi) is 21.8. The summed E-state index contributed by atoms with van der Waals surface area (Å²) in [5.74, 6) is 2.86. The molecule has 5 fully saturated rings. The molecule has 0 aromatic carbocycles. The lowest BCUT2D eigenvalue weighted by Crippen LogP contribution is -2.60. The molecule has 0 radical (unpaired) electrons. The van der Waals surface area contributed by atoms with Crippen LogP contribution < -0.4 is 5.32 Å². The Labute approximate surface area is 333 Å². The van der Waals surface area contributed by atoms with Gasteiger partial charge in [0, 0.05) is 6.42 Å². The topological polar surface area (TPSA) is 169 Å². The molecule has 8 atom stereocenters. The number of rotatable bonds is 31. The second-order valence-corrected chi connectivity index (χ2v) is 18.7. The van der Waals surface area contributed by atoms with E-state index in [1.807, 2.05) is 0 Å². The number of ether oxygens (including phenoxy) is 2. The molecule has 322 valence electrons. The number of aliphatic hydroxyl groups excluding tert-OH is 6. The van der Waals surface area contributed by atoms with E-state index in [9.17, 15) is 35.4 Å². The lowest BCUT2D eigenvalue weighted by Gasteiger charge is -2.57. The fourth-order valence-corrected chi connectivity index (χ4v) is 11.0. The van der Waals surface area contributed by atoms with Crippen LogP contribution >= 0.6 is 0 Å². The van der Waals surface area contributed by atoms with Crippen molar-refractivity contribution in [2.24, 2.45) is 23.2 Å². The van der Waals surface area contributed by atoms with Gasteiger partial charge in [0.05, 0.1) is 25.4 Å². The van der Waals surface area contributed by atoms with Crippen molar-refractivity contribution in [1.29, 1.82) is 0 Å². The van der Waals surface area contributed by atoms with Gasteiger partial charge in [-0.05, 0) is 81.0 Å². The number of carbonyl (C=O) groups is 1. The third-order valence-corrected chi connectivity index (χ3v) is 13.8. The molecule has 4 saturated carbocycles. The summed E-state index contributed by atoms with van der Waals surface area (Å²) in [5, 5.41) is 65.3. The van der Waals surface area contributed by atoms with Crippen LogP contribution in [0.15, 0.2) is 0 Å². The van der Waals surface area contributed by atoms with Crippen LogP contribution in [-0.2, 0) is 14.3 Å². The first-order chi connectivity index (χ1) is 26.6. The maximum Gasteiger partial charge on any atom is 0.220 e. The van der Waals surface area contributed by atoms with Crippen LogP contribution in [0.2, 0.25) is 0 Å². The van der Waals surface area contributed by atoms with Crippen molar-refractivity contribution in [1.82, 2.24) is 5.32 Å². The fraction of sp³-hybridized carbons (Fsp3) is 0.978. The Hall–Kier alpha value is -0.850. The SMILES string of the molecule is CCCCCCCCCCCCCC[C@@H](O)[C@@H](O)[C@H](CO[C@H]1O[C@H](CO)[C@H](O)[C@H](O)[C@H]1O)NC(=O)CCCCCCCCCCC12CC3CC(CC(C3)C1)C2. The molecule has 4 aliphatic carbocycles. The number of carbonyl (C=O) groups excluding carboxylic acids is 1. The summed E-state index contributed by atoms with van der Waals surface area (Å²) in [6, 6.07) is -0.981. The summed E-state index contributed by atoms with van der Waals surface area (Å²) in [6.07, 6.45) is 25.2. The third kappa shape index (κ3) is 16.0. The van der Waals surface area contributed by atoms with Crippen LogP contribution in [0, 0.1) is 23.2 Å². The molecule has 55 heavy (non-hydrogen) atoms. The van der Waals surface area contributed by atoms with Crippen molar-refractivity contribution >= 4 is 5.91 Å². The van der Waals surface area contributed by atoms with Gasteiger partial charge in [-0.25, -0.2) is 0 Å². The number of aliphatic hydroxyl groups is 6. The van der Waals surface area contributed by atoms with Gasteiger partial charge in [0.15, 0.2) is 6.29 Å². The van der Waals surface area contributed by atoms with Crippen LogP contribution in [0.5, 0.6) is 0 Å². The summed E-state index contributed by atoms with van der Waals surface area (Å²) in [6.45, 7) is 1.35. The molecule has 5 rings (SSSR count). The first-order valence-electron chi connectivity index (χ1n) is 23.2. The quantitative estimate of drug-likeness (QED) is 0.0359. The second kappa shape index (κ2) is 25.6. The number of amides is 1. The Morgan fingerprint density at radius 1 is 0.691 bits per heavy atom. The van der Waals surface area contributed by atoms with Gasteiger partial charge in [-0.15, -0.1) is 0 Å². The van der Waals surface area contributed by atoms with Gasteiger partial charge in [0.1, 0.15) is 30.5 Å². The zero-order chi connectivity index (χ0) is 39.5. The minimum Gasteiger partial charge on any atom is -0.394 e. The van der Waals surface area contributed by atoms with Gasteiger partial charge in [-0.3, -0.25) is 4.79 Å². The molecular weight excluding hydrogens is 698 g/mol. The summed E-state index contributed by atoms with van der Waals surface area (Å²) < 4.78 is 11.2. The monoisotopic (exact) mass is 782 g/mol. The van der Waals surface area contributed by atoms with E-state index in [1.54, 1.807) is 0 Å². The molecule has 1 saturated heterocycles. The van der Waals surface area contributed by atoms with Gasteiger partial charge in [0.25, 0.3) is 0 Å². The van der Waals surface area contributed by atoms with E-state index >= 15 is 0 Å². The van der Waals surface area contributed by atoms with Crippen molar-refractivity contribution < 1.29 is 44.9 Å². The average molecular weight is 782 g/mol. The summed E-state index contributed by atoms with van der Waals surface area (Å²) in [5.41, 5.74) is 0.695. The maximum absolute atomic E-state index is 13.1. The third-order valence-electron chi connectivity index (χ3n) is 13.8. The van der Waals surface area contributed by atoms with Crippen molar-refractivity contribution in [3.05, 3.63) is 0 Å². The molecule has 0 unspecified atom stereocenters. The number of unbranched alkanes of at least 4 members (excludes halogenated alkanes) is 18. The molecule has 10 heteroatoms. The van der Waals surface area contributed by atoms with Crippen LogP contribution in [0.1, 0.15) is 193 Å². The van der Waals surface area contributed by atoms with Gasteiger partial charge >= 0.3 is 0 Å². The normalized spacial score (nSPS) is 31.8. The standard InChI is InChI=1S/C45H83NO9/c1-2-3-4-5-6-7-8-9-10-13-16-19-22-37(48)40(50)36(32-54-44-43(53)42(52)41(51)38(31-47)55-44)46-39(49)23-20-17-14-11-12-15-18-21-24-45-28-33-25-34(29-45)27-35(26-33)30-45/h33-38,40-44,47-48,50-53H,2-32H2,1H3,(H,46,49)/t33?,34?,35?,36-,37+,38+,40-,41-,42-,43+,44-,45?/m0/s1. The highest BCUT2D eigenvalue weighted by molar-refractivity contribution is 5.76. The van der Waals surface area contributed by atoms with Gasteiger partial charge in [-0.2, -0.15) is 0 Å². The van der Waals surface area contributed by atoms with E-state index in [-0.39, 0.29) is 12.5 Å². The number of hydrogen-bond acceptors (Lipinski definition) is 9. The number of nitrogens with one attached hydrogen (secondary N) is 1. The lowest BCUT2D eigenvalue weighted by molar-refractivity contribution is -0.303. The molecule has 1 heterocycles. The minimum atomic E-state index is -1.60. The van der Waals surface area contributed by atoms with E-state index in [2.05, 4.69) is 12.2 Å². The predicted molar refractivity (Wildman–Crippen MR) is 216 cm³/mol. The molecule has 1 amide bonds. The van der Waals surface area contributed by atoms with E-state index in [0.29, 0.717) is 18.3 Å². The van der Waals surface area contributed by atoms with Crippen molar-refractivity contribution in [2.45, 2.75) is 242 Å². The smallest absolute Gasteiger partial charge is 0.220 e. The summed E-state index contributed by atoms with van der Waals surface area (Å²) in [7, 11) is 0. The fourth-order valence-electron chi connectivity index (χ4n) is 11.0. The van der Waals surface area contributed by atoms with Crippen molar-refractivity contribution in [3.63, 3.8) is 0 Å². The zero-order valence-electron chi connectivity index (χ0n) is 34.7. The molecule has 1 aliphatic heterocycles. The molecule has 5 aliphatic rings. The van der Waals surface area contributed by atoms with Gasteiger partial charge < -0.3 is 45.4 Å². The highest BCUT2D eigenvalue weighted by Crippen LogP contribution is 2.61. The van der Waals surface area contributed by atoms with Crippen LogP contribution in [0.3, 0.4) is 0 Å². The van der Waals surface area contributed by atoms with Crippen LogP contribution in [0.25, 0.3) is 0 Å². The molecule has 10 nitrogen and oxygen atoms in total. The highest BCUT2D eigenvalue weighted by Gasteiger charge is 2.50. The van der Waals surface area contributed by atoms with Gasteiger partial charge in [0.2, 0.25) is 5.91 Å². The van der Waals surface area contributed by atoms with Crippen molar-refractivity contribution in [2.75, 3.05) is 13.2 Å². The molecule has 0 spiro atoms. The Morgan fingerprint density at radius 2 is 1.18 bits per heavy atom. The van der Waals surface area contributed by atoms with E-state index in [4.69, 9.17) is 9.47 Å². The molecule has 7 N–H and O–H groups in total.